The van der Waals surface area contributed by atoms with Gasteiger partial charge in [-0.25, -0.2) is 0 Å². The molecule has 0 radical (unpaired) electrons. The van der Waals surface area contributed by atoms with Gasteiger partial charge in [0.1, 0.15) is 5.75 Å². The SMILES string of the molecule is COc1cc(NC(=O)C(C)C(C)N)ccc1Cl.Cl. The second-order valence-electron chi connectivity index (χ2n) is 3.99. The summed E-state index contributed by atoms with van der Waals surface area (Å²) < 4.78 is 5.07. The van der Waals surface area contributed by atoms with Gasteiger partial charge in [0, 0.05) is 17.8 Å². The van der Waals surface area contributed by atoms with E-state index >= 15 is 0 Å². The molecule has 2 atom stereocenters. The van der Waals surface area contributed by atoms with Gasteiger partial charge < -0.3 is 15.8 Å². The lowest BCUT2D eigenvalue weighted by atomic mass is 10.0. The molecule has 0 aliphatic heterocycles. The van der Waals surface area contributed by atoms with Gasteiger partial charge >= 0.3 is 0 Å². The number of nitrogens with two attached hydrogens (primary N) is 1. The molecule has 0 spiro atoms. The maximum absolute atomic E-state index is 11.8. The van der Waals surface area contributed by atoms with Crippen molar-refractivity contribution in [2.24, 2.45) is 11.7 Å². The zero-order valence-electron chi connectivity index (χ0n) is 10.6. The highest BCUT2D eigenvalue weighted by molar-refractivity contribution is 6.32. The molecule has 18 heavy (non-hydrogen) atoms. The van der Waals surface area contributed by atoms with Crippen LogP contribution in [0.2, 0.25) is 5.02 Å². The van der Waals surface area contributed by atoms with Gasteiger partial charge in [0.2, 0.25) is 5.91 Å². The van der Waals surface area contributed by atoms with Crippen molar-refractivity contribution in [1.82, 2.24) is 0 Å². The van der Waals surface area contributed by atoms with Crippen LogP contribution in [0.4, 0.5) is 5.69 Å². The largest absolute Gasteiger partial charge is 0.495 e. The van der Waals surface area contributed by atoms with E-state index in [1.54, 1.807) is 32.0 Å². The third-order valence-electron chi connectivity index (χ3n) is 2.62. The second-order valence-corrected chi connectivity index (χ2v) is 4.39. The molecular weight excluding hydrogens is 275 g/mol. The highest BCUT2D eigenvalue weighted by atomic mass is 35.5. The lowest BCUT2D eigenvalue weighted by Gasteiger charge is -2.15. The smallest absolute Gasteiger partial charge is 0.228 e. The van der Waals surface area contributed by atoms with Crippen LogP contribution in [0.25, 0.3) is 0 Å². The molecule has 6 heteroatoms. The minimum Gasteiger partial charge on any atom is -0.495 e. The first-order valence-electron chi connectivity index (χ1n) is 5.35. The molecule has 0 heterocycles. The van der Waals surface area contributed by atoms with Crippen molar-refractivity contribution in [3.05, 3.63) is 23.2 Å². The van der Waals surface area contributed by atoms with Crippen LogP contribution < -0.4 is 15.8 Å². The quantitative estimate of drug-likeness (QED) is 0.897. The Balaban J connectivity index is 0.00000289. The molecule has 1 rings (SSSR count). The van der Waals surface area contributed by atoms with Crippen LogP contribution in [-0.2, 0) is 4.79 Å². The number of hydrogen-bond acceptors (Lipinski definition) is 3. The standard InChI is InChI=1S/C12H17ClN2O2.ClH/c1-7(8(2)14)12(16)15-9-4-5-10(13)11(6-9)17-3;/h4-8H,14H2,1-3H3,(H,15,16);1H. The summed E-state index contributed by atoms with van der Waals surface area (Å²) in [6, 6.07) is 4.88. The van der Waals surface area contributed by atoms with Crippen molar-refractivity contribution in [2.75, 3.05) is 12.4 Å². The van der Waals surface area contributed by atoms with Gasteiger partial charge in [0.05, 0.1) is 18.1 Å². The average Bonchev–Trinajstić information content (AvgIpc) is 2.30. The highest BCUT2D eigenvalue weighted by Crippen LogP contribution is 2.27. The van der Waals surface area contributed by atoms with Crippen LogP contribution in [-0.4, -0.2) is 19.1 Å². The Morgan fingerprint density at radius 1 is 1.44 bits per heavy atom. The normalized spacial score (nSPS) is 13.2. The summed E-state index contributed by atoms with van der Waals surface area (Å²) in [5, 5.41) is 3.27. The Hall–Kier alpha value is -0.970. The van der Waals surface area contributed by atoms with E-state index in [-0.39, 0.29) is 30.3 Å². The Bertz CT molecular complexity index is 411. The Morgan fingerprint density at radius 2 is 2.06 bits per heavy atom. The van der Waals surface area contributed by atoms with Gasteiger partial charge in [-0.1, -0.05) is 18.5 Å². The Kier molecular flexibility index (Phi) is 7.06. The predicted octanol–water partition coefficient (Wildman–Crippen LogP) is 2.69. The van der Waals surface area contributed by atoms with E-state index in [1.165, 1.54) is 7.11 Å². The Labute approximate surface area is 118 Å². The number of carbonyl (C=O) groups is 1. The van der Waals surface area contributed by atoms with Crippen molar-refractivity contribution in [3.63, 3.8) is 0 Å². The number of nitrogens with one attached hydrogen (secondary N) is 1. The van der Waals surface area contributed by atoms with Gasteiger partial charge in [-0.3, -0.25) is 4.79 Å². The molecule has 0 saturated heterocycles. The van der Waals surface area contributed by atoms with Crippen molar-refractivity contribution in [2.45, 2.75) is 19.9 Å². The highest BCUT2D eigenvalue weighted by Gasteiger charge is 2.17. The van der Waals surface area contributed by atoms with Gasteiger partial charge in [-0.2, -0.15) is 0 Å². The number of carbonyl (C=O) groups excluding carboxylic acids is 1. The van der Waals surface area contributed by atoms with Crippen LogP contribution in [0.15, 0.2) is 18.2 Å². The lowest BCUT2D eigenvalue weighted by Crippen LogP contribution is -2.34. The molecule has 2 unspecified atom stereocenters. The van der Waals surface area contributed by atoms with Gasteiger partial charge in [0.25, 0.3) is 0 Å². The summed E-state index contributed by atoms with van der Waals surface area (Å²) >= 11 is 5.89. The number of rotatable bonds is 4. The van der Waals surface area contributed by atoms with E-state index in [2.05, 4.69) is 5.32 Å². The van der Waals surface area contributed by atoms with E-state index in [9.17, 15) is 4.79 Å². The summed E-state index contributed by atoms with van der Waals surface area (Å²) in [6.45, 7) is 3.58. The fraction of sp³-hybridized carbons (Fsp3) is 0.417. The number of halogens is 2. The van der Waals surface area contributed by atoms with E-state index < -0.39 is 0 Å². The second kappa shape index (κ2) is 7.46. The molecule has 0 aliphatic rings. The first kappa shape index (κ1) is 17.0. The average molecular weight is 293 g/mol. The van der Waals surface area contributed by atoms with E-state index in [0.717, 1.165) is 0 Å². The molecule has 1 amide bonds. The minimum absolute atomic E-state index is 0. The summed E-state index contributed by atoms with van der Waals surface area (Å²) in [7, 11) is 1.53. The van der Waals surface area contributed by atoms with Crippen molar-refractivity contribution >= 4 is 35.6 Å². The fourth-order valence-corrected chi connectivity index (χ4v) is 1.43. The summed E-state index contributed by atoms with van der Waals surface area (Å²) in [5.41, 5.74) is 6.31. The van der Waals surface area contributed by atoms with Gasteiger partial charge in [0.15, 0.2) is 0 Å². The van der Waals surface area contributed by atoms with Gasteiger partial charge in [-0.15, -0.1) is 12.4 Å². The van der Waals surface area contributed by atoms with Crippen molar-refractivity contribution < 1.29 is 9.53 Å². The number of hydrogen-bond donors (Lipinski definition) is 2. The maximum Gasteiger partial charge on any atom is 0.228 e. The third-order valence-corrected chi connectivity index (χ3v) is 2.93. The summed E-state index contributed by atoms with van der Waals surface area (Å²) in [6.07, 6.45) is 0. The number of anilines is 1. The molecule has 0 aliphatic carbocycles. The molecule has 4 nitrogen and oxygen atoms in total. The fourth-order valence-electron chi connectivity index (χ4n) is 1.23. The number of ether oxygens (including phenoxy) is 1. The van der Waals surface area contributed by atoms with Crippen LogP contribution in [0.5, 0.6) is 5.75 Å². The molecule has 0 aromatic heterocycles. The van der Waals surface area contributed by atoms with Crippen LogP contribution in [0.1, 0.15) is 13.8 Å². The summed E-state index contributed by atoms with van der Waals surface area (Å²) in [5.74, 6) is 0.152. The maximum atomic E-state index is 11.8. The van der Waals surface area contributed by atoms with E-state index in [1.807, 2.05) is 0 Å². The minimum atomic E-state index is -0.253. The van der Waals surface area contributed by atoms with Crippen LogP contribution in [0.3, 0.4) is 0 Å². The molecule has 0 saturated carbocycles. The zero-order chi connectivity index (χ0) is 13.0. The lowest BCUT2D eigenvalue weighted by molar-refractivity contribution is -0.119. The van der Waals surface area contributed by atoms with Crippen molar-refractivity contribution in [3.8, 4) is 5.75 Å². The molecule has 3 N–H and O–H groups in total. The van der Waals surface area contributed by atoms with Crippen LogP contribution >= 0.6 is 24.0 Å². The number of amides is 1. The zero-order valence-corrected chi connectivity index (χ0v) is 12.1. The summed E-state index contributed by atoms with van der Waals surface area (Å²) in [4.78, 5) is 11.8. The molecule has 1 aromatic rings. The molecular formula is C12H18Cl2N2O2. The molecule has 1 aromatic carbocycles. The third kappa shape index (κ3) is 4.37. The van der Waals surface area contributed by atoms with E-state index in [0.29, 0.717) is 16.5 Å². The van der Waals surface area contributed by atoms with Gasteiger partial charge in [-0.05, 0) is 19.1 Å². The van der Waals surface area contributed by atoms with Crippen LogP contribution in [0, 0.1) is 5.92 Å². The number of benzene rings is 1. The predicted molar refractivity (Wildman–Crippen MR) is 76.7 cm³/mol. The molecule has 0 bridgehead atoms. The first-order valence-corrected chi connectivity index (χ1v) is 5.73. The van der Waals surface area contributed by atoms with E-state index in [4.69, 9.17) is 22.1 Å². The van der Waals surface area contributed by atoms with Crippen molar-refractivity contribution in [1.29, 1.82) is 0 Å². The molecule has 0 fully saturated rings. The Morgan fingerprint density at radius 3 is 2.56 bits per heavy atom. The first-order chi connectivity index (χ1) is 7.95. The monoisotopic (exact) mass is 292 g/mol. The topological polar surface area (TPSA) is 64.3 Å². The number of methoxy groups -OCH3 is 1. The molecule has 102 valence electrons.